The van der Waals surface area contributed by atoms with Gasteiger partial charge in [0.1, 0.15) is 11.2 Å². The fourth-order valence-electron chi connectivity index (χ4n) is 2.72. The second kappa shape index (κ2) is 7.85. The van der Waals surface area contributed by atoms with Gasteiger partial charge in [0.25, 0.3) is 0 Å². The minimum Gasteiger partial charge on any atom is -0.480 e. The van der Waals surface area contributed by atoms with Crippen molar-refractivity contribution in [2.75, 3.05) is 0 Å². The summed E-state index contributed by atoms with van der Waals surface area (Å²) in [6.07, 6.45) is 1.54. The molecule has 2 N–H and O–H groups in total. The van der Waals surface area contributed by atoms with Gasteiger partial charge in [-0.15, -0.1) is 0 Å². The molecular weight excluding hydrogens is 398 g/mol. The van der Waals surface area contributed by atoms with Gasteiger partial charge in [0.05, 0.1) is 16.6 Å². The van der Waals surface area contributed by atoms with Gasteiger partial charge in [-0.25, -0.2) is 4.98 Å². The molecule has 1 unspecified atom stereocenters. The lowest BCUT2D eigenvalue weighted by molar-refractivity contribution is -0.141. The van der Waals surface area contributed by atoms with E-state index in [1.165, 1.54) is 18.7 Å². The maximum atomic E-state index is 12.6. The van der Waals surface area contributed by atoms with Gasteiger partial charge in [0, 0.05) is 5.39 Å². The van der Waals surface area contributed by atoms with Crippen LogP contribution in [0.4, 0.5) is 0 Å². The molecule has 1 aromatic heterocycles. The zero-order chi connectivity index (χ0) is 20.5. The number of nitrogens with zero attached hydrogens (tertiary/aromatic N) is 2. The number of fused-ring (bicyclic) bond motifs is 1. The Balaban J connectivity index is 1.97. The van der Waals surface area contributed by atoms with E-state index in [0.29, 0.717) is 10.3 Å². The zero-order valence-corrected chi connectivity index (χ0v) is 17.2. The summed E-state index contributed by atoms with van der Waals surface area (Å²) < 4.78 is 0.838. The van der Waals surface area contributed by atoms with Crippen molar-refractivity contribution < 1.29 is 14.7 Å². The van der Waals surface area contributed by atoms with E-state index in [9.17, 15) is 9.59 Å². The molecule has 0 radical (unpaired) electrons. The molecule has 0 spiro atoms. The molecule has 6 nitrogen and oxygen atoms in total. The van der Waals surface area contributed by atoms with Crippen molar-refractivity contribution in [2.24, 2.45) is 0 Å². The first-order chi connectivity index (χ1) is 13.2. The van der Waals surface area contributed by atoms with Gasteiger partial charge in [-0.2, -0.15) is 0 Å². The second-order valence-electron chi connectivity index (χ2n) is 6.84. The van der Waals surface area contributed by atoms with Gasteiger partial charge in [0.2, 0.25) is 5.91 Å². The SMILES string of the molecule is CC(NC(=O)C(C)(C)Sc1ncc(Cl)n1-c1cccc2ccccc12)C(=O)O. The third kappa shape index (κ3) is 4.00. The highest BCUT2D eigenvalue weighted by Gasteiger charge is 2.33. The van der Waals surface area contributed by atoms with E-state index in [2.05, 4.69) is 10.3 Å². The molecule has 0 saturated heterocycles. The molecule has 3 rings (SSSR count). The number of benzene rings is 2. The number of rotatable bonds is 6. The van der Waals surface area contributed by atoms with Crippen LogP contribution in [0.25, 0.3) is 16.5 Å². The van der Waals surface area contributed by atoms with Crippen molar-refractivity contribution in [2.45, 2.75) is 36.7 Å². The smallest absolute Gasteiger partial charge is 0.325 e. The van der Waals surface area contributed by atoms with Crippen molar-refractivity contribution in [3.05, 3.63) is 53.8 Å². The minimum absolute atomic E-state index is 0.393. The number of hydrogen-bond donors (Lipinski definition) is 2. The molecule has 1 amide bonds. The van der Waals surface area contributed by atoms with Crippen molar-refractivity contribution in [1.29, 1.82) is 0 Å². The Kier molecular flexibility index (Phi) is 5.67. The van der Waals surface area contributed by atoms with Crippen LogP contribution in [-0.2, 0) is 9.59 Å². The van der Waals surface area contributed by atoms with Crippen LogP contribution in [0.1, 0.15) is 20.8 Å². The Morgan fingerprint density at radius 2 is 1.89 bits per heavy atom. The van der Waals surface area contributed by atoms with E-state index in [1.807, 2.05) is 42.5 Å². The van der Waals surface area contributed by atoms with Crippen LogP contribution >= 0.6 is 23.4 Å². The molecule has 0 aliphatic heterocycles. The van der Waals surface area contributed by atoms with E-state index in [-0.39, 0.29) is 0 Å². The predicted octanol–water partition coefficient (Wildman–Crippen LogP) is 4.14. The highest BCUT2D eigenvalue weighted by Crippen LogP contribution is 2.36. The number of amides is 1. The van der Waals surface area contributed by atoms with Crippen molar-refractivity contribution in [1.82, 2.24) is 14.9 Å². The highest BCUT2D eigenvalue weighted by molar-refractivity contribution is 8.01. The lowest BCUT2D eigenvalue weighted by atomic mass is 10.1. The first-order valence-electron chi connectivity index (χ1n) is 8.65. The number of aliphatic carboxylic acids is 1. The number of thioether (sulfide) groups is 1. The molecular formula is C20H20ClN3O3S. The molecule has 0 saturated carbocycles. The van der Waals surface area contributed by atoms with Gasteiger partial charge in [-0.3, -0.25) is 14.2 Å². The number of carbonyl (C=O) groups excluding carboxylic acids is 1. The summed E-state index contributed by atoms with van der Waals surface area (Å²) in [6, 6.07) is 12.9. The normalized spacial score (nSPS) is 12.7. The quantitative estimate of drug-likeness (QED) is 0.589. The number of aromatic nitrogens is 2. The van der Waals surface area contributed by atoms with Gasteiger partial charge in [0.15, 0.2) is 5.16 Å². The fraction of sp³-hybridized carbons (Fsp3) is 0.250. The minimum atomic E-state index is -1.09. The summed E-state index contributed by atoms with van der Waals surface area (Å²) >= 11 is 7.64. The van der Waals surface area contributed by atoms with Crippen LogP contribution in [0.5, 0.6) is 0 Å². The number of imidazole rings is 1. The van der Waals surface area contributed by atoms with Gasteiger partial charge in [-0.05, 0) is 32.2 Å². The van der Waals surface area contributed by atoms with Crippen LogP contribution in [0.15, 0.2) is 53.8 Å². The maximum Gasteiger partial charge on any atom is 0.325 e. The van der Waals surface area contributed by atoms with Gasteiger partial charge < -0.3 is 10.4 Å². The molecule has 1 heterocycles. The third-order valence-electron chi connectivity index (χ3n) is 4.31. The summed E-state index contributed by atoms with van der Waals surface area (Å²) in [5, 5.41) is 14.6. The van der Waals surface area contributed by atoms with Crippen molar-refractivity contribution in [3.8, 4) is 5.69 Å². The molecule has 0 bridgehead atoms. The van der Waals surface area contributed by atoms with Crippen LogP contribution in [0.3, 0.4) is 0 Å². The van der Waals surface area contributed by atoms with Crippen LogP contribution < -0.4 is 5.32 Å². The maximum absolute atomic E-state index is 12.6. The van der Waals surface area contributed by atoms with Crippen LogP contribution in [0, 0.1) is 0 Å². The summed E-state index contributed by atoms with van der Waals surface area (Å²) in [6.45, 7) is 4.87. The van der Waals surface area contributed by atoms with E-state index in [0.717, 1.165) is 16.5 Å². The lowest BCUT2D eigenvalue weighted by Crippen LogP contribution is -2.47. The molecule has 2 aromatic carbocycles. The number of nitrogens with one attached hydrogen (secondary N) is 1. The Morgan fingerprint density at radius 3 is 2.61 bits per heavy atom. The molecule has 146 valence electrons. The molecule has 0 aliphatic rings. The number of halogens is 1. The summed E-state index contributed by atoms with van der Waals surface area (Å²) in [4.78, 5) is 28.0. The lowest BCUT2D eigenvalue weighted by Gasteiger charge is -2.24. The Bertz CT molecular complexity index is 1040. The largest absolute Gasteiger partial charge is 0.480 e. The predicted molar refractivity (Wildman–Crippen MR) is 111 cm³/mol. The van der Waals surface area contributed by atoms with Crippen LogP contribution in [-0.4, -0.2) is 37.3 Å². The highest BCUT2D eigenvalue weighted by atomic mass is 35.5. The molecule has 8 heteroatoms. The molecule has 0 aliphatic carbocycles. The Morgan fingerprint density at radius 1 is 1.21 bits per heavy atom. The molecule has 28 heavy (non-hydrogen) atoms. The van der Waals surface area contributed by atoms with E-state index < -0.39 is 22.7 Å². The van der Waals surface area contributed by atoms with Crippen molar-refractivity contribution in [3.63, 3.8) is 0 Å². The fourth-order valence-corrected chi connectivity index (χ4v) is 3.99. The number of carboxylic acids is 1. The third-order valence-corrected chi connectivity index (χ3v) is 5.74. The number of carboxylic acid groups (broad SMARTS) is 1. The van der Waals surface area contributed by atoms with Gasteiger partial charge in [-0.1, -0.05) is 59.8 Å². The van der Waals surface area contributed by atoms with Gasteiger partial charge >= 0.3 is 5.97 Å². The average Bonchev–Trinajstić information content (AvgIpc) is 3.00. The summed E-state index contributed by atoms with van der Waals surface area (Å²) in [5.41, 5.74) is 0.859. The number of carbonyl (C=O) groups is 2. The standard InChI is InChI=1S/C20H20ClN3O3S/c1-12(17(25)26)23-18(27)20(2,3)28-19-22-11-16(21)24(19)15-10-6-8-13-7-4-5-9-14(13)15/h4-12H,1-3H3,(H,23,27)(H,25,26). The van der Waals surface area contributed by atoms with E-state index in [1.54, 1.807) is 24.6 Å². The molecule has 0 fully saturated rings. The molecule has 3 aromatic rings. The second-order valence-corrected chi connectivity index (χ2v) is 8.82. The Hall–Kier alpha value is -2.51. The van der Waals surface area contributed by atoms with E-state index in [4.69, 9.17) is 16.7 Å². The van der Waals surface area contributed by atoms with Crippen molar-refractivity contribution >= 4 is 46.0 Å². The monoisotopic (exact) mass is 417 g/mol. The Labute approximate surface area is 171 Å². The van der Waals surface area contributed by atoms with E-state index >= 15 is 0 Å². The topological polar surface area (TPSA) is 84.2 Å². The summed E-state index contributed by atoms with van der Waals surface area (Å²) in [7, 11) is 0. The first-order valence-corrected chi connectivity index (χ1v) is 9.84. The number of hydrogen-bond acceptors (Lipinski definition) is 4. The summed E-state index contributed by atoms with van der Waals surface area (Å²) in [5.74, 6) is -1.48. The molecule has 1 atom stereocenters. The average molecular weight is 418 g/mol. The first kappa shape index (κ1) is 20.2. The van der Waals surface area contributed by atoms with Crippen LogP contribution in [0.2, 0.25) is 5.15 Å². The zero-order valence-electron chi connectivity index (χ0n) is 15.6.